The van der Waals surface area contributed by atoms with Crippen LogP contribution in [0.15, 0.2) is 261 Å². The number of carbonyl (C=O) groups is 2. The van der Waals surface area contributed by atoms with Gasteiger partial charge in [0.1, 0.15) is 90.2 Å². The first-order chi connectivity index (χ1) is 50.1. The van der Waals surface area contributed by atoms with Gasteiger partial charge in [0.2, 0.25) is 0 Å². The maximum atomic E-state index is 10.2. The van der Waals surface area contributed by atoms with E-state index >= 15 is 0 Å². The first kappa shape index (κ1) is 87.1. The molecule has 0 fully saturated rings. The van der Waals surface area contributed by atoms with Crippen LogP contribution in [0.3, 0.4) is 0 Å². The number of halogens is 2. The highest BCUT2D eigenvalue weighted by atomic mass is 127. The Morgan fingerprint density at radius 1 is 0.394 bits per heavy atom. The monoisotopic (exact) mass is 1630 g/mol. The largest absolute Gasteiger partial charge is 0.508 e. The molecule has 0 aliphatic heterocycles. The van der Waals surface area contributed by atoms with Crippen LogP contribution in [0.2, 0.25) is 19.6 Å². The molecule has 10 aromatic rings. The molecule has 3 unspecified atom stereocenters. The van der Waals surface area contributed by atoms with Crippen molar-refractivity contribution in [1.29, 1.82) is 0 Å². The van der Waals surface area contributed by atoms with Gasteiger partial charge in [0.05, 0.1) is 56.9 Å². The van der Waals surface area contributed by atoms with Crippen molar-refractivity contribution >= 4 is 71.9 Å². The Hall–Kier alpha value is -11.1. The first-order valence-corrected chi connectivity index (χ1v) is 37.7. The minimum absolute atomic E-state index is 0.179. The average Bonchev–Trinajstić information content (AvgIpc) is 0.980. The second kappa shape index (κ2) is 50.3. The van der Waals surface area contributed by atoms with Gasteiger partial charge in [-0.1, -0.05) is 116 Å². The number of aliphatic hydroxyl groups excluding tert-OH is 1. The summed E-state index contributed by atoms with van der Waals surface area (Å²) in [5.74, 6) is 21.4. The van der Waals surface area contributed by atoms with Gasteiger partial charge in [0.25, 0.3) is 0 Å². The van der Waals surface area contributed by atoms with Crippen molar-refractivity contribution in [3.05, 3.63) is 313 Å². The normalized spacial score (nSPS) is 10.5. The van der Waals surface area contributed by atoms with E-state index in [4.69, 9.17) is 61.0 Å². The van der Waals surface area contributed by atoms with E-state index in [-0.39, 0.29) is 17.6 Å². The van der Waals surface area contributed by atoms with Crippen LogP contribution in [0, 0.1) is 55.1 Å². The van der Waals surface area contributed by atoms with E-state index < -0.39 is 14.2 Å². The third kappa shape index (κ3) is 36.0. The molecule has 10 aromatic carbocycles. The van der Waals surface area contributed by atoms with Crippen LogP contribution >= 0.6 is 45.2 Å². The molecule has 536 valence electrons. The average molecular weight is 1640 g/mol. The Morgan fingerprint density at radius 2 is 0.683 bits per heavy atom. The smallest absolute Gasteiger partial charge is 0.150 e. The molecule has 13 nitrogen and oxygen atoms in total. The fourth-order valence-electron chi connectivity index (χ4n) is 7.99. The molecule has 0 saturated carbocycles. The van der Waals surface area contributed by atoms with Gasteiger partial charge in [-0.15, -0.1) is 25.0 Å². The van der Waals surface area contributed by atoms with Crippen LogP contribution in [0.1, 0.15) is 72.0 Å². The molecular weight excluding hydrogens is 1550 g/mol. The number of phenolic OH excluding ortho intramolecular Hbond substituents is 2. The summed E-state index contributed by atoms with van der Waals surface area (Å²) < 4.78 is 42.8. The van der Waals surface area contributed by atoms with E-state index in [9.17, 15) is 14.7 Å². The molecule has 0 aliphatic carbocycles. The van der Waals surface area contributed by atoms with E-state index in [0.717, 1.165) is 84.4 Å². The summed E-state index contributed by atoms with van der Waals surface area (Å²) >= 11 is 4.44. The molecule has 3 atom stereocenters. The molecule has 0 spiro atoms. The third-order valence-corrected chi connectivity index (χ3v) is 16.2. The SMILES string of the molecule is C#CC(C#Cc1ccc(OC)cc1)c1ccc(OC)cc1.C#CC(O)c1ccc(OC)cc1.C=CC(/C=C\c1ccc(OC)cc1)c1ccc(OC)cc1.COc1ccc(C#C[Si](C)(C)C)cc1.COc1ccc(C=O)cc1.COc1ccc(I)cc1.O=Cc1ccc(O)cc1.Oc1ccc(I)cc1. The van der Waals surface area contributed by atoms with Gasteiger partial charge < -0.3 is 53.2 Å². The zero-order valence-corrected chi connectivity index (χ0v) is 65.6. The third-order valence-electron chi connectivity index (χ3n) is 13.9. The van der Waals surface area contributed by atoms with Crippen molar-refractivity contribution in [2.45, 2.75) is 37.6 Å². The number of aliphatic hydroxyl groups is 1. The number of allylic oxidation sites excluding steroid dienone is 2. The molecule has 104 heavy (non-hydrogen) atoms. The highest BCUT2D eigenvalue weighted by Gasteiger charge is 2.09. The molecule has 0 saturated heterocycles. The number of phenols is 2. The number of hydrogen-bond acceptors (Lipinski definition) is 13. The summed E-state index contributed by atoms with van der Waals surface area (Å²) in [4.78, 5) is 20.2. The van der Waals surface area contributed by atoms with Gasteiger partial charge in [-0.3, -0.25) is 9.59 Å². The Labute approximate surface area is 642 Å². The lowest BCUT2D eigenvalue weighted by Gasteiger charge is -2.09. The van der Waals surface area contributed by atoms with E-state index in [1.54, 1.807) is 130 Å². The Balaban J connectivity index is 0.000000317. The molecule has 0 radical (unpaired) electrons. The number of aldehydes is 2. The molecule has 0 heterocycles. The predicted octanol–water partition coefficient (Wildman–Crippen LogP) is 19.5. The molecule has 16 heteroatoms. The van der Waals surface area contributed by atoms with Gasteiger partial charge in [-0.25, -0.2) is 0 Å². The van der Waals surface area contributed by atoms with Crippen molar-refractivity contribution in [2.75, 3.05) is 56.9 Å². The first-order valence-electron chi connectivity index (χ1n) is 32.0. The van der Waals surface area contributed by atoms with E-state index in [1.807, 2.05) is 152 Å². The van der Waals surface area contributed by atoms with Crippen molar-refractivity contribution in [1.82, 2.24) is 0 Å². The van der Waals surface area contributed by atoms with Gasteiger partial charge in [0.15, 0.2) is 0 Å². The number of ether oxygens (including phenoxy) is 8. The number of aromatic hydroxyl groups is 2. The quantitative estimate of drug-likeness (QED) is 0.0275. The van der Waals surface area contributed by atoms with Crippen LogP contribution in [-0.4, -0.2) is 92.8 Å². The standard InChI is InChI=1S/C19H20O2.C19H16O2.C12H16OSi.C10H10O2.C8H8O2.C7H7IO.C7H6O2.C6H5IO/c2*1-4-16(17-9-13-19(21-3)14-10-17)8-5-15-6-11-18(20-2)12-7-15;1-13-12-7-5-11(6-8-12)9-10-14(2,3)4;1-3-10(11)8-4-6-9(12-2)7-5-8;1-10-8-4-2-7(6-9)3-5-8;1-9-7-4-2-6(8)3-5-7;8-5-6-1-3-7(9)4-2-6;7-5-1-3-6(8)4-2-5/h4-14,16H,1H2,2-3H3;1,6-7,9-14,16H,2-3H3;5-8H,1-4H3;1,4-7,10-11H,2H3;2-6H,1H3;2-5H,1H3;1-5,9H;1-4,8H/b8-5-;;;;;;;. The molecule has 3 N–H and O–H groups in total. The molecule has 10 rings (SSSR count). The lowest BCUT2D eigenvalue weighted by molar-refractivity contribution is 0.111. The summed E-state index contributed by atoms with van der Waals surface area (Å²) in [5, 5.41) is 26.7. The van der Waals surface area contributed by atoms with Crippen molar-refractivity contribution in [3.8, 4) is 105 Å². The van der Waals surface area contributed by atoms with E-state index in [2.05, 4.69) is 131 Å². The van der Waals surface area contributed by atoms with E-state index in [1.165, 1.54) is 21.3 Å². The Morgan fingerprint density at radius 3 is 1.00 bits per heavy atom. The van der Waals surface area contributed by atoms with Crippen molar-refractivity contribution < 1.29 is 62.8 Å². The maximum Gasteiger partial charge on any atom is 0.150 e. The van der Waals surface area contributed by atoms with Crippen LogP contribution in [0.5, 0.6) is 57.5 Å². The summed E-state index contributed by atoms with van der Waals surface area (Å²) in [7, 11) is 11.9. The summed E-state index contributed by atoms with van der Waals surface area (Å²) in [6, 6.07) is 74.1. The molecule has 0 aliphatic rings. The van der Waals surface area contributed by atoms with Crippen molar-refractivity contribution in [2.24, 2.45) is 0 Å². The zero-order chi connectivity index (χ0) is 76.5. The molecule has 0 aromatic heterocycles. The zero-order valence-electron chi connectivity index (χ0n) is 60.3. The van der Waals surface area contributed by atoms with Crippen LogP contribution in [0.4, 0.5) is 0 Å². The summed E-state index contributed by atoms with van der Waals surface area (Å²) in [6.45, 7) is 10.6. The van der Waals surface area contributed by atoms with Crippen LogP contribution < -0.4 is 37.9 Å². The fourth-order valence-corrected chi connectivity index (χ4v) is 9.23. The highest BCUT2D eigenvalue weighted by Crippen LogP contribution is 2.25. The number of rotatable bonds is 16. The van der Waals surface area contributed by atoms with Gasteiger partial charge in [0, 0.05) is 35.3 Å². The van der Waals surface area contributed by atoms with Gasteiger partial charge in [-0.05, 0) is 262 Å². The number of carbonyl (C=O) groups excluding carboxylic acids is 2. The number of hydrogen-bond donors (Lipinski definition) is 3. The number of methoxy groups -OCH3 is 8. The summed E-state index contributed by atoms with van der Waals surface area (Å²) in [6.07, 6.45) is 17.5. The summed E-state index contributed by atoms with van der Waals surface area (Å²) in [5.41, 5.74) is 10.6. The van der Waals surface area contributed by atoms with Crippen molar-refractivity contribution in [3.63, 3.8) is 0 Å². The fraction of sp³-hybridized carbons (Fsp3) is 0.159. The maximum absolute atomic E-state index is 10.2. The van der Waals surface area contributed by atoms with Crippen LogP contribution in [-0.2, 0) is 0 Å². The number of benzene rings is 10. The lowest BCUT2D eigenvalue weighted by atomic mass is 9.98. The predicted molar refractivity (Wildman–Crippen MR) is 441 cm³/mol. The Bertz CT molecular complexity index is 4300. The molecule has 0 amide bonds. The lowest BCUT2D eigenvalue weighted by Crippen LogP contribution is -2.16. The second-order valence-electron chi connectivity index (χ2n) is 22.3. The second-order valence-corrected chi connectivity index (χ2v) is 29.6. The molecule has 0 bridgehead atoms. The molecular formula is C88H88I2O13Si. The Kier molecular flexibility index (Phi) is 42.1. The van der Waals surface area contributed by atoms with Gasteiger partial charge in [-0.2, -0.15) is 0 Å². The van der Waals surface area contributed by atoms with Gasteiger partial charge >= 0.3 is 0 Å². The minimum atomic E-state index is -1.25. The highest BCUT2D eigenvalue weighted by molar-refractivity contribution is 14.1. The number of terminal acetylenes is 2. The van der Waals surface area contributed by atoms with Crippen LogP contribution in [0.25, 0.3) is 6.08 Å². The topological polar surface area (TPSA) is 169 Å². The minimum Gasteiger partial charge on any atom is -0.508 e. The van der Waals surface area contributed by atoms with E-state index in [0.29, 0.717) is 22.4 Å².